The van der Waals surface area contributed by atoms with E-state index in [1.165, 1.54) is 16.2 Å². The van der Waals surface area contributed by atoms with E-state index >= 15 is 0 Å². The van der Waals surface area contributed by atoms with Gasteiger partial charge in [-0.15, -0.1) is 0 Å². The third-order valence-electron chi connectivity index (χ3n) is 5.25. The largest absolute Gasteiger partial charge is 0.294 e. The molecule has 3 aromatic carbocycles. The van der Waals surface area contributed by atoms with Crippen LogP contribution in [0, 0.1) is 5.92 Å². The van der Waals surface area contributed by atoms with E-state index in [1.54, 1.807) is 0 Å². The highest BCUT2D eigenvalue weighted by Gasteiger charge is 2.27. The average molecular weight is 358 g/mol. The van der Waals surface area contributed by atoms with Crippen LogP contribution in [0.2, 0.25) is 0 Å². The van der Waals surface area contributed by atoms with Gasteiger partial charge in [-0.2, -0.15) is 0 Å². The summed E-state index contributed by atoms with van der Waals surface area (Å²) in [6.07, 6.45) is 4.06. The van der Waals surface area contributed by atoms with Crippen molar-refractivity contribution in [2.24, 2.45) is 5.92 Å². The third-order valence-corrected chi connectivity index (χ3v) is 7.80. The van der Waals surface area contributed by atoms with Crippen molar-refractivity contribution in [3.8, 4) is 0 Å². The van der Waals surface area contributed by atoms with Gasteiger partial charge in [-0.05, 0) is 49.5 Å². The topological polar surface area (TPSA) is 17.1 Å². The van der Waals surface area contributed by atoms with Crippen LogP contribution < -0.4 is 10.6 Å². The second-order valence-corrected chi connectivity index (χ2v) is 9.20. The minimum Gasteiger partial charge on any atom is -0.294 e. The van der Waals surface area contributed by atoms with Gasteiger partial charge in [0.25, 0.3) is 0 Å². The van der Waals surface area contributed by atoms with Crippen molar-refractivity contribution in [1.29, 1.82) is 0 Å². The minimum absolute atomic E-state index is 0.169. The Balaban J connectivity index is 1.54. The van der Waals surface area contributed by atoms with Crippen molar-refractivity contribution < 1.29 is 4.79 Å². The zero-order valence-corrected chi connectivity index (χ0v) is 15.7. The SMILES string of the molecule is O=C1c2ccccc2CCC1CCP(c1ccccc1)c1ccccc1. The lowest BCUT2D eigenvalue weighted by Gasteiger charge is -2.26. The van der Waals surface area contributed by atoms with Crippen LogP contribution in [0.1, 0.15) is 28.8 Å². The molecule has 0 bridgehead atoms. The molecular formula is C24H23OP. The first-order valence-electron chi connectivity index (χ1n) is 9.33. The van der Waals surface area contributed by atoms with E-state index in [4.69, 9.17) is 0 Å². The molecule has 3 aromatic rings. The number of benzene rings is 3. The summed E-state index contributed by atoms with van der Waals surface area (Å²) in [7, 11) is -0.414. The summed E-state index contributed by atoms with van der Waals surface area (Å²) >= 11 is 0. The fourth-order valence-corrected chi connectivity index (χ4v) is 6.29. The van der Waals surface area contributed by atoms with Crippen molar-refractivity contribution in [1.82, 2.24) is 0 Å². The molecule has 4 rings (SSSR count). The summed E-state index contributed by atoms with van der Waals surface area (Å²) < 4.78 is 0. The van der Waals surface area contributed by atoms with Crippen molar-refractivity contribution in [3.63, 3.8) is 0 Å². The van der Waals surface area contributed by atoms with E-state index in [9.17, 15) is 4.79 Å². The molecule has 0 aliphatic heterocycles. The van der Waals surface area contributed by atoms with Crippen LogP contribution in [0.4, 0.5) is 0 Å². The minimum atomic E-state index is -0.414. The highest BCUT2D eigenvalue weighted by Crippen LogP contribution is 2.37. The van der Waals surface area contributed by atoms with Crippen molar-refractivity contribution in [2.45, 2.75) is 19.3 Å². The Morgan fingerprint density at radius 1 is 0.769 bits per heavy atom. The predicted octanol–water partition coefficient (Wildman–Crippen LogP) is 4.95. The maximum Gasteiger partial charge on any atom is 0.166 e. The van der Waals surface area contributed by atoms with Gasteiger partial charge >= 0.3 is 0 Å². The standard InChI is InChI=1S/C24H23OP/c25-24-20(16-15-19-9-7-8-14-23(19)24)17-18-26(21-10-3-1-4-11-21)22-12-5-2-6-13-22/h1-14,20H,15-18H2. The molecular weight excluding hydrogens is 335 g/mol. The van der Waals surface area contributed by atoms with Gasteiger partial charge in [0.15, 0.2) is 5.78 Å². The first-order chi connectivity index (χ1) is 12.8. The van der Waals surface area contributed by atoms with Gasteiger partial charge in [-0.1, -0.05) is 84.9 Å². The Labute approximate surface area is 156 Å². The number of rotatable bonds is 5. The third kappa shape index (κ3) is 3.64. The lowest BCUT2D eigenvalue weighted by molar-refractivity contribution is 0.0899. The quantitative estimate of drug-likeness (QED) is 0.590. The first-order valence-corrected chi connectivity index (χ1v) is 10.9. The Morgan fingerprint density at radius 3 is 2.00 bits per heavy atom. The molecule has 1 aliphatic carbocycles. The van der Waals surface area contributed by atoms with E-state index in [0.29, 0.717) is 5.78 Å². The molecule has 0 radical (unpaired) electrons. The van der Waals surface area contributed by atoms with E-state index in [0.717, 1.165) is 31.0 Å². The van der Waals surface area contributed by atoms with Gasteiger partial charge < -0.3 is 0 Å². The zero-order valence-electron chi connectivity index (χ0n) is 14.8. The van der Waals surface area contributed by atoms with E-state index in [1.807, 2.05) is 18.2 Å². The van der Waals surface area contributed by atoms with Gasteiger partial charge in [0, 0.05) is 11.5 Å². The molecule has 2 heteroatoms. The molecule has 1 aliphatic rings. The Morgan fingerprint density at radius 2 is 1.35 bits per heavy atom. The Hall–Kier alpha value is -2.24. The molecule has 1 atom stereocenters. The summed E-state index contributed by atoms with van der Waals surface area (Å²) in [6.45, 7) is 0. The number of carbonyl (C=O) groups is 1. The molecule has 0 N–H and O–H groups in total. The monoisotopic (exact) mass is 358 g/mol. The number of fused-ring (bicyclic) bond motifs is 1. The van der Waals surface area contributed by atoms with Crippen LogP contribution in [-0.2, 0) is 6.42 Å². The second-order valence-electron chi connectivity index (χ2n) is 6.87. The number of ketones is 1. The van der Waals surface area contributed by atoms with Crippen LogP contribution >= 0.6 is 7.92 Å². The molecule has 0 saturated carbocycles. The molecule has 1 unspecified atom stereocenters. The van der Waals surface area contributed by atoms with Crippen molar-refractivity contribution >= 4 is 24.3 Å². The number of hydrogen-bond acceptors (Lipinski definition) is 1. The smallest absolute Gasteiger partial charge is 0.166 e. The maximum absolute atomic E-state index is 12.9. The summed E-state index contributed by atoms with van der Waals surface area (Å²) in [6, 6.07) is 29.7. The van der Waals surface area contributed by atoms with E-state index < -0.39 is 7.92 Å². The summed E-state index contributed by atoms with van der Waals surface area (Å²) in [5.41, 5.74) is 2.18. The predicted molar refractivity (Wildman–Crippen MR) is 111 cm³/mol. The Kier molecular flexibility index (Phi) is 5.27. The van der Waals surface area contributed by atoms with Crippen LogP contribution in [0.25, 0.3) is 0 Å². The van der Waals surface area contributed by atoms with Crippen LogP contribution in [0.5, 0.6) is 0 Å². The lowest BCUT2D eigenvalue weighted by Crippen LogP contribution is -2.24. The zero-order chi connectivity index (χ0) is 17.8. The molecule has 0 aromatic heterocycles. The van der Waals surface area contributed by atoms with Crippen LogP contribution in [-0.4, -0.2) is 11.9 Å². The second kappa shape index (κ2) is 7.98. The van der Waals surface area contributed by atoms with Gasteiger partial charge in [0.05, 0.1) is 0 Å². The summed E-state index contributed by atoms with van der Waals surface area (Å²) in [4.78, 5) is 12.9. The van der Waals surface area contributed by atoms with Gasteiger partial charge in [0.1, 0.15) is 0 Å². The number of aryl methyl sites for hydroxylation is 1. The average Bonchev–Trinajstić information content (AvgIpc) is 2.71. The number of carbonyl (C=O) groups excluding carboxylic acids is 1. The van der Waals surface area contributed by atoms with Crippen molar-refractivity contribution in [3.05, 3.63) is 96.1 Å². The van der Waals surface area contributed by atoms with Gasteiger partial charge in [-0.3, -0.25) is 4.79 Å². The molecule has 130 valence electrons. The summed E-state index contributed by atoms with van der Waals surface area (Å²) in [5, 5.41) is 2.80. The van der Waals surface area contributed by atoms with E-state index in [2.05, 4.69) is 66.7 Å². The molecule has 1 nitrogen and oxygen atoms in total. The van der Waals surface area contributed by atoms with Gasteiger partial charge in [-0.25, -0.2) is 0 Å². The number of hydrogen-bond donors (Lipinski definition) is 0. The highest BCUT2D eigenvalue weighted by molar-refractivity contribution is 7.73. The maximum atomic E-state index is 12.9. The van der Waals surface area contributed by atoms with Crippen LogP contribution in [0.15, 0.2) is 84.9 Å². The van der Waals surface area contributed by atoms with Gasteiger partial charge in [0.2, 0.25) is 0 Å². The summed E-state index contributed by atoms with van der Waals surface area (Å²) in [5.74, 6) is 0.519. The molecule has 0 spiro atoms. The fraction of sp³-hybridized carbons (Fsp3) is 0.208. The van der Waals surface area contributed by atoms with Crippen molar-refractivity contribution in [2.75, 3.05) is 6.16 Å². The first kappa shape index (κ1) is 17.2. The lowest BCUT2D eigenvalue weighted by atomic mass is 9.81. The molecule has 26 heavy (non-hydrogen) atoms. The van der Waals surface area contributed by atoms with Crippen LogP contribution in [0.3, 0.4) is 0 Å². The van der Waals surface area contributed by atoms with E-state index in [-0.39, 0.29) is 5.92 Å². The molecule has 0 amide bonds. The number of Topliss-reactive ketones (excluding diaryl/α,β-unsaturated/α-hetero) is 1. The molecule has 0 saturated heterocycles. The molecule has 0 fully saturated rings. The Bertz CT molecular complexity index is 833. The normalized spacial score (nSPS) is 16.5. The fourth-order valence-electron chi connectivity index (χ4n) is 3.84. The highest BCUT2D eigenvalue weighted by atomic mass is 31.1. The molecule has 0 heterocycles.